The minimum Gasteiger partial charge on any atom is -0.508 e. The smallest absolute Gasteiger partial charge is 0.343 e. The highest BCUT2D eigenvalue weighted by molar-refractivity contribution is 5.91. The highest BCUT2D eigenvalue weighted by Crippen LogP contribution is 2.20. The van der Waals surface area contributed by atoms with Crippen LogP contribution in [0.3, 0.4) is 0 Å². The van der Waals surface area contributed by atoms with Gasteiger partial charge in [0.15, 0.2) is 0 Å². The number of phenols is 1. The molecule has 0 unspecified atom stereocenters. The second-order valence-corrected chi connectivity index (χ2v) is 4.45. The van der Waals surface area contributed by atoms with Crippen molar-refractivity contribution < 1.29 is 19.4 Å². The Morgan fingerprint density at radius 3 is 2.48 bits per heavy atom. The summed E-state index contributed by atoms with van der Waals surface area (Å²) in [5.74, 6) is 0.0214. The van der Waals surface area contributed by atoms with E-state index in [1.165, 1.54) is 30.3 Å². The fourth-order valence-electron chi connectivity index (χ4n) is 1.81. The van der Waals surface area contributed by atoms with E-state index in [0.717, 1.165) is 11.1 Å². The fraction of sp³-hybridized carbons (Fsp3) is 0.0588. The van der Waals surface area contributed by atoms with E-state index < -0.39 is 5.97 Å². The maximum absolute atomic E-state index is 11.9. The summed E-state index contributed by atoms with van der Waals surface area (Å²) in [4.78, 5) is 22.2. The van der Waals surface area contributed by atoms with Crippen LogP contribution in [0.4, 0.5) is 0 Å². The number of aryl methyl sites for hydroxylation is 1. The van der Waals surface area contributed by atoms with E-state index >= 15 is 0 Å². The Kier molecular flexibility index (Phi) is 4.51. The van der Waals surface area contributed by atoms with Gasteiger partial charge in [-0.25, -0.2) is 4.79 Å². The van der Waals surface area contributed by atoms with Crippen molar-refractivity contribution in [3.63, 3.8) is 0 Å². The predicted molar refractivity (Wildman–Crippen MR) is 79.3 cm³/mol. The van der Waals surface area contributed by atoms with Crippen molar-refractivity contribution in [2.24, 2.45) is 0 Å². The van der Waals surface area contributed by atoms with Crippen LogP contribution in [-0.2, 0) is 4.79 Å². The molecule has 0 aliphatic rings. The van der Waals surface area contributed by atoms with Crippen LogP contribution in [-0.4, -0.2) is 17.4 Å². The fourth-order valence-corrected chi connectivity index (χ4v) is 1.81. The van der Waals surface area contributed by atoms with Gasteiger partial charge in [-0.15, -0.1) is 0 Å². The first-order valence-corrected chi connectivity index (χ1v) is 6.34. The largest absolute Gasteiger partial charge is 0.508 e. The first-order valence-electron chi connectivity index (χ1n) is 6.34. The van der Waals surface area contributed by atoms with E-state index in [1.807, 2.05) is 6.92 Å². The Labute approximate surface area is 122 Å². The minimum absolute atomic E-state index is 0.0914. The molecule has 2 aromatic carbocycles. The van der Waals surface area contributed by atoms with E-state index in [0.29, 0.717) is 17.6 Å². The SMILES string of the molecule is Cc1cc(OC(=O)c2ccc(O)cc2)ccc1/C=C/C=O. The molecule has 2 rings (SSSR count). The van der Waals surface area contributed by atoms with Crippen LogP contribution in [0, 0.1) is 6.92 Å². The normalized spacial score (nSPS) is 10.5. The van der Waals surface area contributed by atoms with Gasteiger partial charge in [0, 0.05) is 0 Å². The number of ether oxygens (including phenoxy) is 1. The van der Waals surface area contributed by atoms with Gasteiger partial charge in [-0.1, -0.05) is 12.1 Å². The lowest BCUT2D eigenvalue weighted by Gasteiger charge is -2.07. The third-order valence-electron chi connectivity index (χ3n) is 2.91. The van der Waals surface area contributed by atoms with Crippen LogP contribution < -0.4 is 4.74 Å². The zero-order chi connectivity index (χ0) is 15.2. The van der Waals surface area contributed by atoms with Gasteiger partial charge in [0.1, 0.15) is 17.8 Å². The molecule has 0 saturated heterocycles. The number of esters is 1. The number of carbonyl (C=O) groups is 2. The number of aldehydes is 1. The van der Waals surface area contributed by atoms with Gasteiger partial charge in [0.05, 0.1) is 5.56 Å². The lowest BCUT2D eigenvalue weighted by atomic mass is 10.1. The van der Waals surface area contributed by atoms with Crippen molar-refractivity contribution in [1.82, 2.24) is 0 Å². The first kappa shape index (κ1) is 14.5. The Hall–Kier alpha value is -2.88. The molecule has 1 N–H and O–H groups in total. The molecule has 0 saturated carbocycles. The molecule has 0 aliphatic heterocycles. The minimum atomic E-state index is -0.495. The number of benzene rings is 2. The second kappa shape index (κ2) is 6.52. The zero-order valence-corrected chi connectivity index (χ0v) is 11.4. The number of hydrogen-bond donors (Lipinski definition) is 1. The topological polar surface area (TPSA) is 63.6 Å². The van der Waals surface area contributed by atoms with E-state index in [2.05, 4.69) is 0 Å². The molecule has 0 bridgehead atoms. The summed E-state index contributed by atoms with van der Waals surface area (Å²) in [6.45, 7) is 1.86. The van der Waals surface area contributed by atoms with Gasteiger partial charge < -0.3 is 9.84 Å². The number of rotatable bonds is 4. The molecule has 0 spiro atoms. The monoisotopic (exact) mass is 282 g/mol. The van der Waals surface area contributed by atoms with Crippen molar-refractivity contribution in [1.29, 1.82) is 0 Å². The van der Waals surface area contributed by atoms with Crippen LogP contribution in [0.1, 0.15) is 21.5 Å². The lowest BCUT2D eigenvalue weighted by molar-refractivity contribution is -0.104. The summed E-state index contributed by atoms with van der Waals surface area (Å²) in [5, 5.41) is 9.18. The summed E-state index contributed by atoms with van der Waals surface area (Å²) >= 11 is 0. The van der Waals surface area contributed by atoms with Crippen LogP contribution >= 0.6 is 0 Å². The number of allylic oxidation sites excluding steroid dienone is 1. The predicted octanol–water partition coefficient (Wildman–Crippen LogP) is 3.13. The van der Waals surface area contributed by atoms with Gasteiger partial charge in [-0.2, -0.15) is 0 Å². The number of aromatic hydroxyl groups is 1. The molecule has 4 nitrogen and oxygen atoms in total. The summed E-state index contributed by atoms with van der Waals surface area (Å²) in [7, 11) is 0. The number of carbonyl (C=O) groups excluding carboxylic acids is 2. The standard InChI is InChI=1S/C17H14O4/c1-12-11-16(9-6-13(12)3-2-10-18)21-17(20)14-4-7-15(19)8-5-14/h2-11,19H,1H3/b3-2+. The molecule has 0 aliphatic carbocycles. The summed E-state index contributed by atoms with van der Waals surface area (Å²) in [5.41, 5.74) is 2.13. The van der Waals surface area contributed by atoms with Gasteiger partial charge in [-0.05, 0) is 60.5 Å². The maximum atomic E-state index is 11.9. The molecule has 0 aromatic heterocycles. The summed E-state index contributed by atoms with van der Waals surface area (Å²) in [6.07, 6.45) is 3.80. The van der Waals surface area contributed by atoms with Crippen LogP contribution in [0.2, 0.25) is 0 Å². The molecule has 4 heteroatoms. The molecule has 0 amide bonds. The van der Waals surface area contributed by atoms with Crippen LogP contribution in [0.25, 0.3) is 6.08 Å². The number of hydrogen-bond acceptors (Lipinski definition) is 4. The van der Waals surface area contributed by atoms with E-state index in [4.69, 9.17) is 4.74 Å². The van der Waals surface area contributed by atoms with Crippen molar-refractivity contribution in [3.8, 4) is 11.5 Å². The molecular weight excluding hydrogens is 268 g/mol. The third-order valence-corrected chi connectivity index (χ3v) is 2.91. The average Bonchev–Trinajstić information content (AvgIpc) is 2.47. The van der Waals surface area contributed by atoms with E-state index in [-0.39, 0.29) is 5.75 Å². The van der Waals surface area contributed by atoms with E-state index in [1.54, 1.807) is 24.3 Å². The zero-order valence-electron chi connectivity index (χ0n) is 11.4. The van der Waals surface area contributed by atoms with Crippen LogP contribution in [0.5, 0.6) is 11.5 Å². The second-order valence-electron chi connectivity index (χ2n) is 4.45. The molecule has 0 fully saturated rings. The highest BCUT2D eigenvalue weighted by atomic mass is 16.5. The molecule has 106 valence electrons. The Morgan fingerprint density at radius 1 is 1.14 bits per heavy atom. The first-order chi connectivity index (χ1) is 10.1. The van der Waals surface area contributed by atoms with Crippen molar-refractivity contribution in [2.75, 3.05) is 0 Å². The molecule has 21 heavy (non-hydrogen) atoms. The quantitative estimate of drug-likeness (QED) is 0.405. The molecule has 0 heterocycles. The molecule has 0 radical (unpaired) electrons. The van der Waals surface area contributed by atoms with Gasteiger partial charge in [0.25, 0.3) is 0 Å². The van der Waals surface area contributed by atoms with Crippen molar-refractivity contribution >= 4 is 18.3 Å². The number of phenolic OH excluding ortho intramolecular Hbond substituents is 1. The molecular formula is C17H14O4. The molecule has 0 atom stereocenters. The van der Waals surface area contributed by atoms with Gasteiger partial charge >= 0.3 is 5.97 Å². The summed E-state index contributed by atoms with van der Waals surface area (Å²) < 4.78 is 5.27. The Bertz CT molecular complexity index is 684. The third kappa shape index (κ3) is 3.79. The Morgan fingerprint density at radius 2 is 1.86 bits per heavy atom. The van der Waals surface area contributed by atoms with Crippen LogP contribution in [0.15, 0.2) is 48.5 Å². The maximum Gasteiger partial charge on any atom is 0.343 e. The van der Waals surface area contributed by atoms with Crippen molar-refractivity contribution in [2.45, 2.75) is 6.92 Å². The van der Waals surface area contributed by atoms with Gasteiger partial charge in [-0.3, -0.25) is 4.79 Å². The lowest BCUT2D eigenvalue weighted by Crippen LogP contribution is -2.08. The Balaban J connectivity index is 2.14. The van der Waals surface area contributed by atoms with Gasteiger partial charge in [0.2, 0.25) is 0 Å². The van der Waals surface area contributed by atoms with E-state index in [9.17, 15) is 14.7 Å². The molecule has 2 aromatic rings. The highest BCUT2D eigenvalue weighted by Gasteiger charge is 2.09. The average molecular weight is 282 g/mol. The summed E-state index contributed by atoms with van der Waals surface area (Å²) in [6, 6.07) is 11.0. The van der Waals surface area contributed by atoms with Crippen molar-refractivity contribution in [3.05, 3.63) is 65.2 Å².